The SMILES string of the molecule is CC(=O)C1CCCCC1C(=O)N(C)C. The average Bonchev–Trinajstić information content (AvgIpc) is 2.16. The van der Waals surface area contributed by atoms with Gasteiger partial charge in [0.05, 0.1) is 0 Å². The second-order valence-electron chi connectivity index (χ2n) is 4.34. The first-order chi connectivity index (χ1) is 6.54. The number of rotatable bonds is 2. The molecule has 3 nitrogen and oxygen atoms in total. The molecule has 0 N–H and O–H groups in total. The number of ketones is 1. The van der Waals surface area contributed by atoms with Crippen molar-refractivity contribution in [2.24, 2.45) is 11.8 Å². The van der Waals surface area contributed by atoms with Crippen LogP contribution in [0.15, 0.2) is 0 Å². The van der Waals surface area contributed by atoms with Crippen LogP contribution in [0.1, 0.15) is 32.6 Å². The first-order valence-corrected chi connectivity index (χ1v) is 5.25. The second kappa shape index (κ2) is 4.58. The number of hydrogen-bond acceptors (Lipinski definition) is 2. The predicted molar refractivity (Wildman–Crippen MR) is 54.8 cm³/mol. The van der Waals surface area contributed by atoms with Crippen molar-refractivity contribution in [3.05, 3.63) is 0 Å². The van der Waals surface area contributed by atoms with Crippen LogP contribution in [0.25, 0.3) is 0 Å². The molecular formula is C11H19NO2. The van der Waals surface area contributed by atoms with Crippen LogP contribution in [0.2, 0.25) is 0 Å². The third-order valence-electron chi connectivity index (χ3n) is 3.05. The number of hydrogen-bond donors (Lipinski definition) is 0. The minimum absolute atomic E-state index is 0.0290. The van der Waals surface area contributed by atoms with Crippen LogP contribution in [0, 0.1) is 11.8 Å². The monoisotopic (exact) mass is 197 g/mol. The van der Waals surface area contributed by atoms with E-state index in [2.05, 4.69) is 0 Å². The molecule has 2 atom stereocenters. The van der Waals surface area contributed by atoms with Crippen LogP contribution in [-0.2, 0) is 9.59 Å². The highest BCUT2D eigenvalue weighted by Gasteiger charge is 2.34. The molecule has 0 bridgehead atoms. The van der Waals surface area contributed by atoms with Gasteiger partial charge in [0.15, 0.2) is 0 Å². The third kappa shape index (κ3) is 2.34. The fraction of sp³-hybridized carbons (Fsp3) is 0.818. The quantitative estimate of drug-likeness (QED) is 0.672. The van der Waals surface area contributed by atoms with Gasteiger partial charge in [-0.05, 0) is 19.8 Å². The maximum absolute atomic E-state index is 11.8. The summed E-state index contributed by atoms with van der Waals surface area (Å²) < 4.78 is 0. The molecule has 14 heavy (non-hydrogen) atoms. The van der Waals surface area contributed by atoms with E-state index >= 15 is 0 Å². The van der Waals surface area contributed by atoms with E-state index in [0.717, 1.165) is 25.7 Å². The van der Waals surface area contributed by atoms with E-state index in [1.54, 1.807) is 25.9 Å². The largest absolute Gasteiger partial charge is 0.349 e. The summed E-state index contributed by atoms with van der Waals surface area (Å²) >= 11 is 0. The van der Waals surface area contributed by atoms with E-state index in [9.17, 15) is 9.59 Å². The number of carbonyl (C=O) groups excluding carboxylic acids is 2. The molecule has 0 aromatic carbocycles. The van der Waals surface area contributed by atoms with Gasteiger partial charge in [0.1, 0.15) is 5.78 Å². The predicted octanol–water partition coefficient (Wildman–Crippen LogP) is 1.47. The van der Waals surface area contributed by atoms with E-state index in [1.165, 1.54) is 0 Å². The summed E-state index contributed by atoms with van der Waals surface area (Å²) in [7, 11) is 3.52. The van der Waals surface area contributed by atoms with Gasteiger partial charge in [-0.25, -0.2) is 0 Å². The van der Waals surface area contributed by atoms with Crippen LogP contribution in [-0.4, -0.2) is 30.7 Å². The Kier molecular flexibility index (Phi) is 3.67. The normalized spacial score (nSPS) is 27.1. The molecule has 0 radical (unpaired) electrons. The summed E-state index contributed by atoms with van der Waals surface area (Å²) in [5.74, 6) is 0.199. The topological polar surface area (TPSA) is 37.4 Å². The van der Waals surface area contributed by atoms with Gasteiger partial charge in [0.2, 0.25) is 5.91 Å². The molecule has 1 saturated carbocycles. The van der Waals surface area contributed by atoms with Crippen molar-refractivity contribution in [3.63, 3.8) is 0 Å². The summed E-state index contributed by atoms with van der Waals surface area (Å²) in [5, 5.41) is 0. The summed E-state index contributed by atoms with van der Waals surface area (Å²) in [5.41, 5.74) is 0. The Morgan fingerprint density at radius 3 is 2.00 bits per heavy atom. The van der Waals surface area contributed by atoms with Gasteiger partial charge in [-0.2, -0.15) is 0 Å². The van der Waals surface area contributed by atoms with Crippen LogP contribution >= 0.6 is 0 Å². The summed E-state index contributed by atoms with van der Waals surface area (Å²) in [6, 6.07) is 0. The van der Waals surface area contributed by atoms with Gasteiger partial charge in [-0.15, -0.1) is 0 Å². The van der Waals surface area contributed by atoms with Gasteiger partial charge in [0, 0.05) is 25.9 Å². The smallest absolute Gasteiger partial charge is 0.225 e. The van der Waals surface area contributed by atoms with Crippen molar-refractivity contribution in [1.29, 1.82) is 0 Å². The lowest BCUT2D eigenvalue weighted by Gasteiger charge is -2.30. The molecule has 0 aromatic heterocycles. The fourth-order valence-corrected chi connectivity index (χ4v) is 2.24. The maximum Gasteiger partial charge on any atom is 0.225 e. The molecule has 1 aliphatic carbocycles. The zero-order valence-corrected chi connectivity index (χ0v) is 9.25. The van der Waals surface area contributed by atoms with E-state index in [0.29, 0.717) is 0 Å². The minimum Gasteiger partial charge on any atom is -0.349 e. The Hall–Kier alpha value is -0.860. The average molecular weight is 197 g/mol. The standard InChI is InChI=1S/C11H19NO2/c1-8(13)9-6-4-5-7-10(9)11(14)12(2)3/h9-10H,4-7H2,1-3H3. The lowest BCUT2D eigenvalue weighted by atomic mass is 9.76. The molecule has 3 heteroatoms. The van der Waals surface area contributed by atoms with Crippen LogP contribution in [0.4, 0.5) is 0 Å². The van der Waals surface area contributed by atoms with E-state index in [-0.39, 0.29) is 23.5 Å². The Labute approximate surface area is 85.5 Å². The van der Waals surface area contributed by atoms with Crippen molar-refractivity contribution in [2.45, 2.75) is 32.6 Å². The lowest BCUT2D eigenvalue weighted by Crippen LogP contribution is -2.38. The van der Waals surface area contributed by atoms with Gasteiger partial charge in [-0.3, -0.25) is 9.59 Å². The first kappa shape index (κ1) is 11.2. The first-order valence-electron chi connectivity index (χ1n) is 5.25. The number of carbonyl (C=O) groups is 2. The highest BCUT2D eigenvalue weighted by atomic mass is 16.2. The van der Waals surface area contributed by atoms with Gasteiger partial charge in [-0.1, -0.05) is 12.8 Å². The van der Waals surface area contributed by atoms with Crippen molar-refractivity contribution < 1.29 is 9.59 Å². The summed E-state index contributed by atoms with van der Waals surface area (Å²) in [4.78, 5) is 24.8. The molecule has 1 rings (SSSR count). The van der Waals surface area contributed by atoms with Crippen LogP contribution in [0.3, 0.4) is 0 Å². The zero-order chi connectivity index (χ0) is 10.7. The van der Waals surface area contributed by atoms with Crippen molar-refractivity contribution in [3.8, 4) is 0 Å². The molecule has 0 aromatic rings. The maximum atomic E-state index is 11.8. The Balaban J connectivity index is 2.72. The molecule has 2 unspecified atom stereocenters. The fourth-order valence-electron chi connectivity index (χ4n) is 2.24. The van der Waals surface area contributed by atoms with E-state index in [4.69, 9.17) is 0 Å². The van der Waals surface area contributed by atoms with Gasteiger partial charge < -0.3 is 4.90 Å². The second-order valence-corrected chi connectivity index (χ2v) is 4.34. The molecule has 1 amide bonds. The Bertz CT molecular complexity index is 235. The summed E-state index contributed by atoms with van der Waals surface area (Å²) in [6.45, 7) is 1.60. The Morgan fingerprint density at radius 1 is 1.07 bits per heavy atom. The van der Waals surface area contributed by atoms with Crippen molar-refractivity contribution >= 4 is 11.7 Å². The third-order valence-corrected chi connectivity index (χ3v) is 3.05. The number of amides is 1. The lowest BCUT2D eigenvalue weighted by molar-refractivity contribution is -0.140. The minimum atomic E-state index is -0.0590. The number of Topliss-reactive ketones (excluding diaryl/α,β-unsaturated/α-hetero) is 1. The van der Waals surface area contributed by atoms with E-state index < -0.39 is 0 Å². The molecule has 80 valence electrons. The van der Waals surface area contributed by atoms with Crippen molar-refractivity contribution in [2.75, 3.05) is 14.1 Å². The van der Waals surface area contributed by atoms with Gasteiger partial charge >= 0.3 is 0 Å². The molecule has 1 aliphatic rings. The molecule has 0 saturated heterocycles. The van der Waals surface area contributed by atoms with E-state index in [1.807, 2.05) is 0 Å². The Morgan fingerprint density at radius 2 is 1.57 bits per heavy atom. The number of nitrogens with zero attached hydrogens (tertiary/aromatic N) is 1. The van der Waals surface area contributed by atoms with Gasteiger partial charge in [0.25, 0.3) is 0 Å². The van der Waals surface area contributed by atoms with Crippen molar-refractivity contribution in [1.82, 2.24) is 4.90 Å². The molecule has 0 heterocycles. The summed E-state index contributed by atoms with van der Waals surface area (Å²) in [6.07, 6.45) is 3.93. The highest BCUT2D eigenvalue weighted by Crippen LogP contribution is 2.31. The van der Waals surface area contributed by atoms with Crippen LogP contribution < -0.4 is 0 Å². The molecular weight excluding hydrogens is 178 g/mol. The van der Waals surface area contributed by atoms with Crippen LogP contribution in [0.5, 0.6) is 0 Å². The molecule has 0 spiro atoms. The molecule has 0 aliphatic heterocycles. The zero-order valence-electron chi connectivity index (χ0n) is 9.25. The molecule has 1 fully saturated rings. The highest BCUT2D eigenvalue weighted by molar-refractivity contribution is 5.87.